The van der Waals surface area contributed by atoms with Crippen LogP contribution in [-0.2, 0) is 10.1 Å². The Labute approximate surface area is 139 Å². The van der Waals surface area contributed by atoms with Crippen LogP contribution in [-0.4, -0.2) is 18.2 Å². The Balaban J connectivity index is 1.91. The molecule has 5 nitrogen and oxygen atoms in total. The van der Waals surface area contributed by atoms with Crippen molar-refractivity contribution in [2.45, 2.75) is 11.8 Å². The van der Waals surface area contributed by atoms with Crippen LogP contribution < -0.4 is 4.18 Å². The van der Waals surface area contributed by atoms with Crippen LogP contribution in [0.3, 0.4) is 0 Å². The Bertz CT molecular complexity index is 920. The first kappa shape index (κ1) is 15.6. The molecule has 23 heavy (non-hydrogen) atoms. The summed E-state index contributed by atoms with van der Waals surface area (Å²) in [6.45, 7) is 1.69. The van der Waals surface area contributed by atoms with Crippen molar-refractivity contribution >= 4 is 21.7 Å². The molecule has 0 aliphatic rings. The van der Waals surface area contributed by atoms with Gasteiger partial charge in [0.1, 0.15) is 10.6 Å². The predicted molar refractivity (Wildman–Crippen MR) is 87.6 cm³/mol. The van der Waals surface area contributed by atoms with E-state index in [-0.39, 0.29) is 10.6 Å². The van der Waals surface area contributed by atoms with E-state index in [1.807, 2.05) is 30.3 Å². The van der Waals surface area contributed by atoms with Gasteiger partial charge in [-0.25, -0.2) is 4.68 Å². The minimum absolute atomic E-state index is 0.0359. The highest BCUT2D eigenvalue weighted by atomic mass is 35.5. The van der Waals surface area contributed by atoms with Crippen LogP contribution in [0.25, 0.3) is 5.69 Å². The van der Waals surface area contributed by atoms with Crippen molar-refractivity contribution in [3.63, 3.8) is 0 Å². The molecule has 118 valence electrons. The van der Waals surface area contributed by atoms with Gasteiger partial charge in [0.2, 0.25) is 0 Å². The van der Waals surface area contributed by atoms with Crippen LogP contribution in [0, 0.1) is 6.92 Å². The third kappa shape index (κ3) is 3.38. The molecule has 0 atom stereocenters. The molecular formula is C16H13ClN2O3S. The monoisotopic (exact) mass is 348 g/mol. The van der Waals surface area contributed by atoms with Crippen molar-refractivity contribution in [1.82, 2.24) is 9.78 Å². The van der Waals surface area contributed by atoms with Crippen LogP contribution in [0.5, 0.6) is 5.75 Å². The van der Waals surface area contributed by atoms with Gasteiger partial charge in [0.15, 0.2) is 5.75 Å². The summed E-state index contributed by atoms with van der Waals surface area (Å²) < 4.78 is 31.4. The van der Waals surface area contributed by atoms with Crippen molar-refractivity contribution < 1.29 is 12.6 Å². The molecule has 0 saturated carbocycles. The largest absolute Gasteiger partial charge is 0.375 e. The zero-order valence-electron chi connectivity index (χ0n) is 12.2. The fourth-order valence-corrected chi connectivity index (χ4v) is 3.10. The number of rotatable bonds is 4. The highest BCUT2D eigenvalue weighted by molar-refractivity contribution is 7.87. The van der Waals surface area contributed by atoms with E-state index in [2.05, 4.69) is 5.10 Å². The van der Waals surface area contributed by atoms with Crippen molar-refractivity contribution in [1.29, 1.82) is 0 Å². The number of hydrogen-bond donors (Lipinski definition) is 0. The zero-order valence-corrected chi connectivity index (χ0v) is 13.8. The Morgan fingerprint density at radius 2 is 1.70 bits per heavy atom. The van der Waals surface area contributed by atoms with Gasteiger partial charge in [0.25, 0.3) is 0 Å². The molecule has 0 fully saturated rings. The third-order valence-electron chi connectivity index (χ3n) is 3.18. The summed E-state index contributed by atoms with van der Waals surface area (Å²) in [6.07, 6.45) is 1.54. The molecule has 0 saturated heterocycles. The molecule has 1 heterocycles. The van der Waals surface area contributed by atoms with Gasteiger partial charge in [0, 0.05) is 5.02 Å². The molecule has 0 aliphatic heterocycles. The average Bonchev–Trinajstić information content (AvgIpc) is 2.89. The van der Waals surface area contributed by atoms with Crippen LogP contribution in [0.1, 0.15) is 5.69 Å². The zero-order chi connectivity index (χ0) is 16.4. The van der Waals surface area contributed by atoms with Gasteiger partial charge in [-0.1, -0.05) is 29.8 Å². The van der Waals surface area contributed by atoms with E-state index in [4.69, 9.17) is 15.8 Å². The van der Waals surface area contributed by atoms with Gasteiger partial charge < -0.3 is 4.18 Å². The summed E-state index contributed by atoms with van der Waals surface area (Å²) >= 11 is 5.77. The lowest BCUT2D eigenvalue weighted by atomic mass is 10.3. The lowest BCUT2D eigenvalue weighted by Crippen LogP contribution is -2.09. The quantitative estimate of drug-likeness (QED) is 0.676. The van der Waals surface area contributed by atoms with Crippen LogP contribution in [0.2, 0.25) is 5.02 Å². The van der Waals surface area contributed by atoms with Crippen molar-refractivity contribution in [2.24, 2.45) is 0 Å². The maximum atomic E-state index is 12.3. The first-order chi connectivity index (χ1) is 11.0. The van der Waals surface area contributed by atoms with E-state index in [0.29, 0.717) is 10.7 Å². The Morgan fingerprint density at radius 1 is 1.04 bits per heavy atom. The van der Waals surface area contributed by atoms with E-state index in [9.17, 15) is 8.42 Å². The maximum absolute atomic E-state index is 12.3. The van der Waals surface area contributed by atoms with Crippen molar-refractivity contribution in [2.75, 3.05) is 0 Å². The molecule has 7 heteroatoms. The average molecular weight is 349 g/mol. The Morgan fingerprint density at radius 3 is 2.35 bits per heavy atom. The van der Waals surface area contributed by atoms with Crippen molar-refractivity contribution in [3.8, 4) is 11.4 Å². The number of para-hydroxylation sites is 1. The fourth-order valence-electron chi connectivity index (χ4n) is 2.01. The van der Waals surface area contributed by atoms with Gasteiger partial charge in [-0.05, 0) is 43.3 Å². The minimum Gasteiger partial charge on any atom is -0.375 e. The van der Waals surface area contributed by atoms with Gasteiger partial charge >= 0.3 is 10.1 Å². The number of hydrogen-bond acceptors (Lipinski definition) is 4. The molecular weight excluding hydrogens is 336 g/mol. The topological polar surface area (TPSA) is 61.2 Å². The van der Waals surface area contributed by atoms with E-state index in [1.165, 1.54) is 30.5 Å². The summed E-state index contributed by atoms with van der Waals surface area (Å²) in [7, 11) is -3.93. The SMILES string of the molecule is Cc1nn(-c2ccccc2)cc1OS(=O)(=O)c1ccc(Cl)cc1. The second-order valence-corrected chi connectivity index (χ2v) is 6.83. The van der Waals surface area contributed by atoms with E-state index >= 15 is 0 Å². The highest BCUT2D eigenvalue weighted by Gasteiger charge is 2.19. The Kier molecular flexibility index (Phi) is 4.11. The number of aromatic nitrogens is 2. The van der Waals surface area contributed by atoms with Crippen LogP contribution >= 0.6 is 11.6 Å². The second-order valence-electron chi connectivity index (χ2n) is 4.85. The molecule has 0 unspecified atom stereocenters. The number of halogens is 1. The fraction of sp³-hybridized carbons (Fsp3) is 0.0625. The lowest BCUT2D eigenvalue weighted by Gasteiger charge is -2.05. The molecule has 0 bridgehead atoms. The summed E-state index contributed by atoms with van der Waals surface area (Å²) in [5.74, 6) is 0.184. The number of aryl methyl sites for hydroxylation is 1. The summed E-state index contributed by atoms with van der Waals surface area (Å²) in [6, 6.07) is 15.2. The number of nitrogens with zero attached hydrogens (tertiary/aromatic N) is 2. The summed E-state index contributed by atoms with van der Waals surface area (Å²) in [4.78, 5) is 0.0359. The van der Waals surface area contributed by atoms with E-state index < -0.39 is 10.1 Å². The minimum atomic E-state index is -3.93. The van der Waals surface area contributed by atoms with Crippen molar-refractivity contribution in [3.05, 3.63) is 71.5 Å². The smallest absolute Gasteiger partial charge is 0.339 e. The third-order valence-corrected chi connectivity index (χ3v) is 4.68. The highest BCUT2D eigenvalue weighted by Crippen LogP contribution is 2.24. The molecule has 3 rings (SSSR count). The summed E-state index contributed by atoms with van der Waals surface area (Å²) in [5.41, 5.74) is 1.29. The predicted octanol–water partition coefficient (Wildman–Crippen LogP) is 3.60. The molecule has 0 spiro atoms. The number of benzene rings is 2. The van der Waals surface area contributed by atoms with Gasteiger partial charge in [-0.15, -0.1) is 0 Å². The maximum Gasteiger partial charge on any atom is 0.339 e. The normalized spacial score (nSPS) is 11.4. The van der Waals surface area contributed by atoms with Gasteiger partial charge in [0.05, 0.1) is 11.9 Å². The first-order valence-corrected chi connectivity index (χ1v) is 8.56. The van der Waals surface area contributed by atoms with E-state index in [1.54, 1.807) is 11.6 Å². The van der Waals surface area contributed by atoms with E-state index in [0.717, 1.165) is 5.69 Å². The van der Waals surface area contributed by atoms with Gasteiger partial charge in [-0.2, -0.15) is 13.5 Å². The molecule has 2 aromatic carbocycles. The molecule has 0 aliphatic carbocycles. The van der Waals surface area contributed by atoms with Crippen LogP contribution in [0.4, 0.5) is 0 Å². The molecule has 0 amide bonds. The standard InChI is InChI=1S/C16H13ClN2O3S/c1-12-16(11-19(18-12)14-5-3-2-4-6-14)22-23(20,21)15-9-7-13(17)8-10-15/h2-11H,1H3. The molecule has 3 aromatic rings. The first-order valence-electron chi connectivity index (χ1n) is 6.77. The second kappa shape index (κ2) is 6.06. The Hall–Kier alpha value is -2.31. The van der Waals surface area contributed by atoms with Gasteiger partial charge in [-0.3, -0.25) is 0 Å². The molecule has 0 radical (unpaired) electrons. The lowest BCUT2D eigenvalue weighted by molar-refractivity contribution is 0.484. The molecule has 1 aromatic heterocycles. The molecule has 0 N–H and O–H groups in total. The summed E-state index contributed by atoms with van der Waals surface area (Å²) in [5, 5.41) is 4.73. The van der Waals surface area contributed by atoms with Crippen LogP contribution in [0.15, 0.2) is 65.7 Å².